The molecule has 1 fully saturated rings. The molecule has 0 aromatic rings. The van der Waals surface area contributed by atoms with E-state index in [1.807, 2.05) is 0 Å². The highest BCUT2D eigenvalue weighted by atomic mass is 16.2. The predicted octanol–water partition coefficient (Wildman–Crippen LogP) is 3.08. The van der Waals surface area contributed by atoms with Gasteiger partial charge < -0.3 is 5.32 Å². The van der Waals surface area contributed by atoms with Crippen molar-refractivity contribution in [1.29, 1.82) is 0 Å². The van der Waals surface area contributed by atoms with Crippen molar-refractivity contribution < 1.29 is 9.59 Å². The Morgan fingerprint density at radius 2 is 1.83 bits per heavy atom. The summed E-state index contributed by atoms with van der Waals surface area (Å²) in [5, 5.41) is 2.82. The van der Waals surface area contributed by atoms with Crippen molar-refractivity contribution >= 4 is 11.7 Å². The van der Waals surface area contributed by atoms with Crippen LogP contribution in [0.3, 0.4) is 0 Å². The Balaban J connectivity index is 2.29. The summed E-state index contributed by atoms with van der Waals surface area (Å²) in [5.74, 6) is 1.05. The molecule has 1 unspecified atom stereocenters. The van der Waals surface area contributed by atoms with Gasteiger partial charge in [0, 0.05) is 5.92 Å². The van der Waals surface area contributed by atoms with Crippen molar-refractivity contribution in [2.75, 3.05) is 0 Å². The lowest BCUT2D eigenvalue weighted by Gasteiger charge is -2.28. The maximum absolute atomic E-state index is 12.0. The maximum Gasteiger partial charge on any atom is 0.223 e. The summed E-state index contributed by atoms with van der Waals surface area (Å²) < 4.78 is 0. The zero-order valence-corrected chi connectivity index (χ0v) is 12.0. The first kappa shape index (κ1) is 15.2. The smallest absolute Gasteiger partial charge is 0.223 e. The van der Waals surface area contributed by atoms with E-state index in [0.29, 0.717) is 0 Å². The summed E-state index contributed by atoms with van der Waals surface area (Å²) in [6, 6.07) is -0.338. The van der Waals surface area contributed by atoms with E-state index in [2.05, 4.69) is 12.2 Å². The topological polar surface area (TPSA) is 46.2 Å². The van der Waals surface area contributed by atoms with Gasteiger partial charge >= 0.3 is 0 Å². The molecule has 1 N–H and O–H groups in total. The molecule has 3 nitrogen and oxygen atoms in total. The van der Waals surface area contributed by atoms with Gasteiger partial charge in [0.05, 0.1) is 6.04 Å². The lowest BCUT2D eigenvalue weighted by molar-refractivity contribution is -0.130. The second-order valence-corrected chi connectivity index (χ2v) is 5.70. The number of carbonyl (C=O) groups is 2. The van der Waals surface area contributed by atoms with Crippen LogP contribution in [0.4, 0.5) is 0 Å². The van der Waals surface area contributed by atoms with E-state index in [1.165, 1.54) is 39.0 Å². The molecular formula is C15H27NO2. The second-order valence-electron chi connectivity index (χ2n) is 5.70. The highest BCUT2D eigenvalue weighted by Gasteiger charge is 2.27. The third-order valence-corrected chi connectivity index (χ3v) is 4.15. The SMILES string of the molecule is CCCCC1CCC(C(=O)NC(C)C(C)=O)CC1. The molecule has 104 valence electrons. The highest BCUT2D eigenvalue weighted by molar-refractivity contribution is 5.88. The van der Waals surface area contributed by atoms with Gasteiger partial charge in [-0.05, 0) is 45.4 Å². The van der Waals surface area contributed by atoms with Crippen molar-refractivity contribution in [1.82, 2.24) is 5.32 Å². The Morgan fingerprint density at radius 1 is 1.22 bits per heavy atom. The first-order valence-electron chi connectivity index (χ1n) is 7.35. The van der Waals surface area contributed by atoms with Crippen LogP contribution in [0.25, 0.3) is 0 Å². The van der Waals surface area contributed by atoms with E-state index in [1.54, 1.807) is 6.92 Å². The van der Waals surface area contributed by atoms with Gasteiger partial charge in [-0.15, -0.1) is 0 Å². The minimum absolute atomic E-state index is 0.0278. The second kappa shape index (κ2) is 7.55. The van der Waals surface area contributed by atoms with Crippen molar-refractivity contribution in [2.45, 2.75) is 71.8 Å². The van der Waals surface area contributed by atoms with Crippen molar-refractivity contribution in [3.05, 3.63) is 0 Å². The Kier molecular flexibility index (Phi) is 6.37. The Labute approximate surface area is 111 Å². The van der Waals surface area contributed by atoms with Gasteiger partial charge in [0.25, 0.3) is 0 Å². The molecule has 1 aliphatic rings. The van der Waals surface area contributed by atoms with Gasteiger partial charge in [0.15, 0.2) is 5.78 Å². The van der Waals surface area contributed by atoms with Crippen LogP contribution in [-0.4, -0.2) is 17.7 Å². The minimum Gasteiger partial charge on any atom is -0.346 e. The number of ketones is 1. The molecule has 0 bridgehead atoms. The monoisotopic (exact) mass is 253 g/mol. The lowest BCUT2D eigenvalue weighted by Crippen LogP contribution is -2.41. The van der Waals surface area contributed by atoms with Crippen LogP contribution < -0.4 is 5.32 Å². The summed E-state index contributed by atoms with van der Waals surface area (Å²) in [5.41, 5.74) is 0. The van der Waals surface area contributed by atoms with Crippen molar-refractivity contribution in [3.8, 4) is 0 Å². The molecule has 1 saturated carbocycles. The summed E-state index contributed by atoms with van der Waals surface area (Å²) in [4.78, 5) is 23.1. The standard InChI is InChI=1S/C15H27NO2/c1-4-5-6-13-7-9-14(10-8-13)15(18)16-11(2)12(3)17/h11,13-14H,4-10H2,1-3H3,(H,16,18). The molecule has 0 radical (unpaired) electrons. The highest BCUT2D eigenvalue weighted by Crippen LogP contribution is 2.31. The molecular weight excluding hydrogens is 226 g/mol. The first-order valence-corrected chi connectivity index (χ1v) is 7.35. The molecule has 0 aliphatic heterocycles. The van der Waals surface area contributed by atoms with Gasteiger partial charge in [-0.2, -0.15) is 0 Å². The minimum atomic E-state index is -0.338. The van der Waals surface area contributed by atoms with Gasteiger partial charge in [-0.25, -0.2) is 0 Å². The number of rotatable bonds is 6. The molecule has 0 spiro atoms. The van der Waals surface area contributed by atoms with Gasteiger partial charge in [-0.3, -0.25) is 9.59 Å². The number of hydrogen-bond donors (Lipinski definition) is 1. The largest absolute Gasteiger partial charge is 0.346 e. The summed E-state index contributed by atoms with van der Waals surface area (Å²) in [7, 11) is 0. The van der Waals surface area contributed by atoms with Crippen LogP contribution in [0.5, 0.6) is 0 Å². The van der Waals surface area contributed by atoms with Gasteiger partial charge in [0.2, 0.25) is 5.91 Å². The van der Waals surface area contributed by atoms with E-state index in [0.717, 1.165) is 18.8 Å². The molecule has 0 heterocycles. The number of amides is 1. The molecule has 0 aromatic carbocycles. The first-order chi connectivity index (χ1) is 8.54. The van der Waals surface area contributed by atoms with E-state index >= 15 is 0 Å². The Bertz CT molecular complexity index is 280. The third-order valence-electron chi connectivity index (χ3n) is 4.15. The average molecular weight is 253 g/mol. The van der Waals surface area contributed by atoms with Gasteiger partial charge in [0.1, 0.15) is 0 Å². The zero-order valence-electron chi connectivity index (χ0n) is 12.0. The molecule has 0 saturated heterocycles. The normalized spacial score (nSPS) is 25.5. The van der Waals surface area contributed by atoms with Gasteiger partial charge in [-0.1, -0.05) is 26.2 Å². The molecule has 1 amide bonds. The fourth-order valence-corrected chi connectivity index (χ4v) is 2.64. The third kappa shape index (κ3) is 4.79. The fraction of sp³-hybridized carbons (Fsp3) is 0.867. The van der Waals surface area contributed by atoms with Crippen molar-refractivity contribution in [3.63, 3.8) is 0 Å². The Hall–Kier alpha value is -0.860. The van der Waals surface area contributed by atoms with Crippen LogP contribution in [0.1, 0.15) is 65.7 Å². The lowest BCUT2D eigenvalue weighted by atomic mass is 9.79. The van der Waals surface area contributed by atoms with E-state index < -0.39 is 0 Å². The van der Waals surface area contributed by atoms with Crippen LogP contribution in [0.15, 0.2) is 0 Å². The zero-order chi connectivity index (χ0) is 13.5. The molecule has 1 atom stereocenters. The van der Waals surface area contributed by atoms with Crippen molar-refractivity contribution in [2.24, 2.45) is 11.8 Å². The summed E-state index contributed by atoms with van der Waals surface area (Å²) in [6.07, 6.45) is 8.21. The number of hydrogen-bond acceptors (Lipinski definition) is 2. The average Bonchev–Trinajstić information content (AvgIpc) is 2.36. The van der Waals surface area contributed by atoms with Crippen LogP contribution >= 0.6 is 0 Å². The number of unbranched alkanes of at least 4 members (excludes halogenated alkanes) is 1. The quantitative estimate of drug-likeness (QED) is 0.790. The summed E-state index contributed by atoms with van der Waals surface area (Å²) in [6.45, 7) is 5.50. The predicted molar refractivity (Wildman–Crippen MR) is 73.3 cm³/mol. The maximum atomic E-state index is 12.0. The van der Waals surface area contributed by atoms with E-state index in [9.17, 15) is 9.59 Å². The summed E-state index contributed by atoms with van der Waals surface area (Å²) >= 11 is 0. The Morgan fingerprint density at radius 3 is 2.33 bits per heavy atom. The van der Waals surface area contributed by atoms with E-state index in [-0.39, 0.29) is 23.7 Å². The number of Topliss-reactive ketones (excluding diaryl/α,β-unsaturated/α-hetero) is 1. The van der Waals surface area contributed by atoms with E-state index in [4.69, 9.17) is 0 Å². The fourth-order valence-electron chi connectivity index (χ4n) is 2.64. The van der Waals surface area contributed by atoms with Crippen LogP contribution in [-0.2, 0) is 9.59 Å². The van der Waals surface area contributed by atoms with Crippen LogP contribution in [0.2, 0.25) is 0 Å². The molecule has 0 aromatic heterocycles. The molecule has 1 rings (SSSR count). The molecule has 3 heteroatoms. The number of carbonyl (C=O) groups excluding carboxylic acids is 2. The van der Waals surface area contributed by atoms with Crippen LogP contribution in [0, 0.1) is 11.8 Å². The molecule has 18 heavy (non-hydrogen) atoms. The molecule has 1 aliphatic carbocycles. The number of nitrogens with one attached hydrogen (secondary N) is 1.